The highest BCUT2D eigenvalue weighted by Crippen LogP contribution is 2.27. The van der Waals surface area contributed by atoms with Crippen LogP contribution in [0, 0.1) is 0 Å². The van der Waals surface area contributed by atoms with Gasteiger partial charge in [-0.25, -0.2) is 4.98 Å². The Labute approximate surface area is 101 Å². The highest BCUT2D eigenvalue weighted by molar-refractivity contribution is 7.09. The lowest BCUT2D eigenvalue weighted by Crippen LogP contribution is -2.59. The summed E-state index contributed by atoms with van der Waals surface area (Å²) in [5, 5.41) is 12.9. The molecular formula is C12H20N2OS. The molecule has 0 aromatic carbocycles. The maximum absolute atomic E-state index is 9.64. The van der Waals surface area contributed by atoms with Gasteiger partial charge in [0.1, 0.15) is 5.01 Å². The third-order valence-electron chi connectivity index (χ3n) is 2.81. The molecule has 0 spiro atoms. The molecule has 0 bridgehead atoms. The molecule has 3 nitrogen and oxygen atoms in total. The molecule has 1 N–H and O–H groups in total. The van der Waals surface area contributed by atoms with E-state index >= 15 is 0 Å². The fourth-order valence-corrected chi connectivity index (χ4v) is 3.01. The van der Waals surface area contributed by atoms with Crippen LogP contribution in [0.2, 0.25) is 0 Å². The highest BCUT2D eigenvalue weighted by Gasteiger charge is 2.36. The van der Waals surface area contributed by atoms with Crippen molar-refractivity contribution in [3.63, 3.8) is 0 Å². The SMILES string of the molecule is CC1(O)CN(Cc2nc(C(C)(C)C)cs2)C1. The van der Waals surface area contributed by atoms with Crippen molar-refractivity contribution in [2.75, 3.05) is 13.1 Å². The first-order chi connectivity index (χ1) is 7.26. The van der Waals surface area contributed by atoms with Crippen molar-refractivity contribution in [1.29, 1.82) is 0 Å². The van der Waals surface area contributed by atoms with E-state index in [0.29, 0.717) is 0 Å². The van der Waals surface area contributed by atoms with Crippen molar-refractivity contribution in [2.45, 2.75) is 45.3 Å². The van der Waals surface area contributed by atoms with Crippen LogP contribution in [0.4, 0.5) is 0 Å². The van der Waals surface area contributed by atoms with Gasteiger partial charge in [-0.15, -0.1) is 11.3 Å². The minimum absolute atomic E-state index is 0.134. The number of aliphatic hydroxyl groups is 1. The molecule has 2 rings (SSSR count). The van der Waals surface area contributed by atoms with Crippen LogP contribution in [0.3, 0.4) is 0 Å². The molecule has 90 valence electrons. The zero-order valence-corrected chi connectivity index (χ0v) is 11.3. The lowest BCUT2D eigenvalue weighted by atomic mass is 9.93. The zero-order valence-electron chi connectivity index (χ0n) is 10.4. The van der Waals surface area contributed by atoms with Crippen molar-refractivity contribution in [2.24, 2.45) is 0 Å². The molecule has 1 aromatic heterocycles. The van der Waals surface area contributed by atoms with E-state index in [4.69, 9.17) is 0 Å². The van der Waals surface area contributed by atoms with Gasteiger partial charge in [0.2, 0.25) is 0 Å². The van der Waals surface area contributed by atoms with Crippen molar-refractivity contribution in [1.82, 2.24) is 9.88 Å². The molecular weight excluding hydrogens is 220 g/mol. The highest BCUT2D eigenvalue weighted by atomic mass is 32.1. The van der Waals surface area contributed by atoms with E-state index in [0.717, 1.165) is 24.6 Å². The third kappa shape index (κ3) is 2.62. The van der Waals surface area contributed by atoms with Crippen LogP contribution in [0.25, 0.3) is 0 Å². The predicted molar refractivity (Wildman–Crippen MR) is 66.7 cm³/mol. The molecule has 0 aliphatic carbocycles. The number of β-amino-alcohol motifs (C(OH)–C–C–N with tert-alkyl or cyclic N) is 1. The lowest BCUT2D eigenvalue weighted by Gasteiger charge is -2.43. The summed E-state index contributed by atoms with van der Waals surface area (Å²) >= 11 is 1.72. The van der Waals surface area contributed by atoms with Gasteiger partial charge in [0.15, 0.2) is 0 Å². The van der Waals surface area contributed by atoms with Gasteiger partial charge in [-0.3, -0.25) is 4.90 Å². The second-order valence-electron chi connectivity index (χ2n) is 6.02. The summed E-state index contributed by atoms with van der Waals surface area (Å²) in [6.07, 6.45) is 0. The van der Waals surface area contributed by atoms with Gasteiger partial charge in [-0.1, -0.05) is 20.8 Å². The Balaban J connectivity index is 1.94. The minimum Gasteiger partial charge on any atom is -0.388 e. The number of hydrogen-bond acceptors (Lipinski definition) is 4. The first kappa shape index (κ1) is 12.0. The maximum atomic E-state index is 9.64. The fourth-order valence-electron chi connectivity index (χ4n) is 1.95. The molecule has 0 radical (unpaired) electrons. The molecule has 0 amide bonds. The second-order valence-corrected chi connectivity index (χ2v) is 6.96. The van der Waals surface area contributed by atoms with E-state index < -0.39 is 5.60 Å². The minimum atomic E-state index is -0.482. The number of hydrogen-bond donors (Lipinski definition) is 1. The summed E-state index contributed by atoms with van der Waals surface area (Å²) in [5.74, 6) is 0. The van der Waals surface area contributed by atoms with Gasteiger partial charge >= 0.3 is 0 Å². The van der Waals surface area contributed by atoms with Crippen LogP contribution < -0.4 is 0 Å². The Morgan fingerprint density at radius 1 is 1.50 bits per heavy atom. The maximum Gasteiger partial charge on any atom is 0.107 e. The van der Waals surface area contributed by atoms with Gasteiger partial charge in [0.25, 0.3) is 0 Å². The molecule has 1 fully saturated rings. The Morgan fingerprint density at radius 2 is 2.12 bits per heavy atom. The molecule has 1 aliphatic rings. The molecule has 4 heteroatoms. The predicted octanol–water partition coefficient (Wildman–Crippen LogP) is 2.01. The Morgan fingerprint density at radius 3 is 2.56 bits per heavy atom. The first-order valence-electron chi connectivity index (χ1n) is 5.66. The van der Waals surface area contributed by atoms with Crippen LogP contribution in [0.15, 0.2) is 5.38 Å². The van der Waals surface area contributed by atoms with Gasteiger partial charge in [-0.05, 0) is 6.92 Å². The van der Waals surface area contributed by atoms with Crippen LogP contribution in [-0.4, -0.2) is 33.7 Å². The molecule has 16 heavy (non-hydrogen) atoms. The van der Waals surface area contributed by atoms with E-state index in [1.165, 1.54) is 5.69 Å². The second kappa shape index (κ2) is 3.79. The molecule has 1 aliphatic heterocycles. The molecule has 1 aromatic rings. The fraction of sp³-hybridized carbons (Fsp3) is 0.750. The van der Waals surface area contributed by atoms with Crippen molar-refractivity contribution < 1.29 is 5.11 Å². The Hall–Kier alpha value is -0.450. The standard InChI is InChI=1S/C12H20N2OS/c1-11(2,3)9-6-16-10(13-9)5-14-7-12(4,15)8-14/h6,15H,5,7-8H2,1-4H3. The van der Waals surface area contributed by atoms with E-state index in [9.17, 15) is 5.11 Å². The van der Waals surface area contributed by atoms with E-state index in [1.54, 1.807) is 11.3 Å². The summed E-state index contributed by atoms with van der Waals surface area (Å²) in [6, 6.07) is 0. The Bertz CT molecular complexity index is 371. The summed E-state index contributed by atoms with van der Waals surface area (Å²) < 4.78 is 0. The average molecular weight is 240 g/mol. The van der Waals surface area contributed by atoms with Crippen LogP contribution in [0.1, 0.15) is 38.4 Å². The third-order valence-corrected chi connectivity index (χ3v) is 3.64. The van der Waals surface area contributed by atoms with Crippen molar-refractivity contribution in [3.8, 4) is 0 Å². The van der Waals surface area contributed by atoms with Crippen LogP contribution in [0.5, 0.6) is 0 Å². The van der Waals surface area contributed by atoms with E-state index in [1.807, 2.05) is 6.92 Å². The molecule has 0 atom stereocenters. The molecule has 1 saturated heterocycles. The quantitative estimate of drug-likeness (QED) is 0.859. The van der Waals surface area contributed by atoms with Crippen molar-refractivity contribution >= 4 is 11.3 Å². The van der Waals surface area contributed by atoms with Gasteiger partial charge in [-0.2, -0.15) is 0 Å². The summed E-state index contributed by atoms with van der Waals surface area (Å²) in [5.41, 5.74) is 0.819. The summed E-state index contributed by atoms with van der Waals surface area (Å²) in [7, 11) is 0. The summed E-state index contributed by atoms with van der Waals surface area (Å²) in [4.78, 5) is 6.87. The monoisotopic (exact) mass is 240 g/mol. The normalized spacial score (nSPS) is 20.8. The molecule has 0 unspecified atom stereocenters. The van der Waals surface area contributed by atoms with E-state index in [-0.39, 0.29) is 5.41 Å². The van der Waals surface area contributed by atoms with Gasteiger partial charge < -0.3 is 5.11 Å². The lowest BCUT2D eigenvalue weighted by molar-refractivity contribution is -0.0871. The van der Waals surface area contributed by atoms with Crippen LogP contribution >= 0.6 is 11.3 Å². The van der Waals surface area contributed by atoms with Gasteiger partial charge in [0.05, 0.1) is 17.8 Å². The van der Waals surface area contributed by atoms with Crippen molar-refractivity contribution in [3.05, 3.63) is 16.1 Å². The largest absolute Gasteiger partial charge is 0.388 e. The smallest absolute Gasteiger partial charge is 0.107 e. The zero-order chi connectivity index (χ0) is 12.0. The number of likely N-dealkylation sites (tertiary alicyclic amines) is 1. The number of thiazole rings is 1. The number of aromatic nitrogens is 1. The number of nitrogens with zero attached hydrogens (tertiary/aromatic N) is 2. The Kier molecular flexibility index (Phi) is 2.85. The average Bonchev–Trinajstić information content (AvgIpc) is 2.48. The first-order valence-corrected chi connectivity index (χ1v) is 6.54. The molecule has 0 saturated carbocycles. The topological polar surface area (TPSA) is 36.4 Å². The van der Waals surface area contributed by atoms with E-state index in [2.05, 4.69) is 36.0 Å². The summed E-state index contributed by atoms with van der Waals surface area (Å²) in [6.45, 7) is 10.8. The number of rotatable bonds is 2. The van der Waals surface area contributed by atoms with Gasteiger partial charge in [0, 0.05) is 23.9 Å². The van der Waals surface area contributed by atoms with Crippen LogP contribution in [-0.2, 0) is 12.0 Å². The molecule has 2 heterocycles.